The van der Waals surface area contributed by atoms with Crippen molar-refractivity contribution in [1.82, 2.24) is 29.4 Å². The van der Waals surface area contributed by atoms with E-state index in [0.717, 1.165) is 16.9 Å². The van der Waals surface area contributed by atoms with Crippen molar-refractivity contribution < 1.29 is 0 Å². The van der Waals surface area contributed by atoms with Crippen molar-refractivity contribution in [1.29, 1.82) is 0 Å². The van der Waals surface area contributed by atoms with Crippen molar-refractivity contribution in [2.45, 2.75) is 19.9 Å². The predicted octanol–water partition coefficient (Wildman–Crippen LogP) is 1.57. The third kappa shape index (κ3) is 1.49. The van der Waals surface area contributed by atoms with Gasteiger partial charge in [-0.2, -0.15) is 5.10 Å². The van der Waals surface area contributed by atoms with Crippen LogP contribution in [0.15, 0.2) is 31.1 Å². The van der Waals surface area contributed by atoms with E-state index >= 15 is 0 Å². The minimum Gasteiger partial charge on any atom is -0.311 e. The first-order valence-electron chi connectivity index (χ1n) is 5.44. The molecule has 0 aromatic carbocycles. The van der Waals surface area contributed by atoms with Gasteiger partial charge in [-0.3, -0.25) is 4.98 Å². The van der Waals surface area contributed by atoms with Gasteiger partial charge in [0.15, 0.2) is 5.82 Å². The third-order valence-corrected chi connectivity index (χ3v) is 2.70. The number of nitrogens with zero attached hydrogens (tertiary/aromatic N) is 6. The number of hydrogen-bond donors (Lipinski definition) is 0. The minimum absolute atomic E-state index is 0.312. The van der Waals surface area contributed by atoms with Gasteiger partial charge in [-0.05, 0) is 13.8 Å². The lowest BCUT2D eigenvalue weighted by atomic mass is 10.2. The molecule has 0 amide bonds. The fourth-order valence-electron chi connectivity index (χ4n) is 1.82. The summed E-state index contributed by atoms with van der Waals surface area (Å²) in [6.45, 7) is 4.19. The Labute approximate surface area is 97.9 Å². The molecule has 3 aromatic rings. The molecule has 0 aliphatic heterocycles. The highest BCUT2D eigenvalue weighted by atomic mass is 15.3. The van der Waals surface area contributed by atoms with Crippen molar-refractivity contribution in [3.05, 3.63) is 31.1 Å². The Morgan fingerprint density at radius 3 is 2.94 bits per heavy atom. The molecule has 0 unspecified atom stereocenters. The highest BCUT2D eigenvalue weighted by Gasteiger charge is 2.14. The van der Waals surface area contributed by atoms with Crippen molar-refractivity contribution in [2.24, 2.45) is 0 Å². The second-order valence-electron chi connectivity index (χ2n) is 4.12. The van der Waals surface area contributed by atoms with Crippen LogP contribution in [0.2, 0.25) is 0 Å². The molecule has 3 heterocycles. The molecule has 3 aromatic heterocycles. The molecule has 0 saturated heterocycles. The Morgan fingerprint density at radius 1 is 1.24 bits per heavy atom. The molecule has 6 nitrogen and oxygen atoms in total. The van der Waals surface area contributed by atoms with Crippen molar-refractivity contribution >= 4 is 5.52 Å². The quantitative estimate of drug-likeness (QED) is 0.668. The maximum Gasteiger partial charge on any atom is 0.167 e. The Bertz CT molecular complexity index is 651. The zero-order valence-electron chi connectivity index (χ0n) is 9.65. The molecule has 0 saturated carbocycles. The molecule has 0 aliphatic rings. The van der Waals surface area contributed by atoms with Crippen LogP contribution in [0.3, 0.4) is 0 Å². The molecule has 0 bridgehead atoms. The Morgan fingerprint density at radius 2 is 2.12 bits per heavy atom. The van der Waals surface area contributed by atoms with E-state index in [9.17, 15) is 0 Å². The van der Waals surface area contributed by atoms with Gasteiger partial charge in [0.25, 0.3) is 0 Å². The van der Waals surface area contributed by atoms with Gasteiger partial charge in [0, 0.05) is 18.4 Å². The zero-order chi connectivity index (χ0) is 11.8. The SMILES string of the molecule is CC(C)n1cnnc1-c1cnn2ccncc12. The predicted molar refractivity (Wildman–Crippen MR) is 62.4 cm³/mol. The Kier molecular flexibility index (Phi) is 2.14. The van der Waals surface area contributed by atoms with E-state index in [2.05, 4.69) is 34.1 Å². The standard InChI is InChI=1S/C11H12N6/c1-8(2)16-7-13-15-11(16)9-5-14-17-4-3-12-6-10(9)17/h3-8H,1-2H3. The average Bonchev–Trinajstić information content (AvgIpc) is 2.94. The number of aromatic nitrogens is 6. The van der Waals surface area contributed by atoms with E-state index in [1.807, 2.05) is 10.8 Å². The van der Waals surface area contributed by atoms with Crippen molar-refractivity contribution in [3.8, 4) is 11.4 Å². The second kappa shape index (κ2) is 3.65. The molecular formula is C11H12N6. The van der Waals surface area contributed by atoms with E-state index in [-0.39, 0.29) is 0 Å². The Balaban J connectivity index is 2.24. The fraction of sp³-hybridized carbons (Fsp3) is 0.273. The average molecular weight is 228 g/mol. The summed E-state index contributed by atoms with van der Waals surface area (Å²) in [6.07, 6.45) is 8.83. The molecule has 3 rings (SSSR count). The van der Waals surface area contributed by atoms with Crippen LogP contribution in [0.25, 0.3) is 16.9 Å². The molecule has 6 heteroatoms. The maximum atomic E-state index is 4.27. The molecule has 86 valence electrons. The van der Waals surface area contributed by atoms with Crippen molar-refractivity contribution in [3.63, 3.8) is 0 Å². The third-order valence-electron chi connectivity index (χ3n) is 2.70. The molecule has 0 fully saturated rings. The Hall–Kier alpha value is -2.24. The number of hydrogen-bond acceptors (Lipinski definition) is 4. The largest absolute Gasteiger partial charge is 0.311 e. The summed E-state index contributed by atoms with van der Waals surface area (Å²) in [5.74, 6) is 0.822. The van der Waals surface area contributed by atoms with E-state index < -0.39 is 0 Å². The fourth-order valence-corrected chi connectivity index (χ4v) is 1.82. The van der Waals surface area contributed by atoms with E-state index in [4.69, 9.17) is 0 Å². The van der Waals surface area contributed by atoms with Crippen LogP contribution in [-0.2, 0) is 0 Å². The molecule has 0 N–H and O–H groups in total. The smallest absolute Gasteiger partial charge is 0.167 e. The van der Waals surface area contributed by atoms with Crippen LogP contribution < -0.4 is 0 Å². The monoisotopic (exact) mass is 228 g/mol. The van der Waals surface area contributed by atoms with E-state index in [1.54, 1.807) is 29.4 Å². The lowest BCUT2D eigenvalue weighted by molar-refractivity contribution is 0.604. The van der Waals surface area contributed by atoms with Gasteiger partial charge in [0.05, 0.1) is 23.5 Å². The van der Waals surface area contributed by atoms with Gasteiger partial charge in [0.2, 0.25) is 0 Å². The topological polar surface area (TPSA) is 60.9 Å². The maximum absolute atomic E-state index is 4.27. The highest BCUT2D eigenvalue weighted by Crippen LogP contribution is 2.23. The summed E-state index contributed by atoms with van der Waals surface area (Å²) in [4.78, 5) is 4.11. The van der Waals surface area contributed by atoms with Gasteiger partial charge < -0.3 is 4.57 Å². The lowest BCUT2D eigenvalue weighted by Crippen LogP contribution is -2.01. The first-order chi connectivity index (χ1) is 8.27. The number of rotatable bonds is 2. The summed E-state index contributed by atoms with van der Waals surface area (Å²) in [5.41, 5.74) is 1.88. The summed E-state index contributed by atoms with van der Waals surface area (Å²) < 4.78 is 3.80. The van der Waals surface area contributed by atoms with Gasteiger partial charge >= 0.3 is 0 Å². The molecule has 0 radical (unpaired) electrons. The molecule has 0 atom stereocenters. The van der Waals surface area contributed by atoms with Gasteiger partial charge in [-0.1, -0.05) is 0 Å². The molecule has 0 spiro atoms. The lowest BCUT2D eigenvalue weighted by Gasteiger charge is -2.08. The van der Waals surface area contributed by atoms with Gasteiger partial charge in [0.1, 0.15) is 6.33 Å². The van der Waals surface area contributed by atoms with E-state index in [0.29, 0.717) is 6.04 Å². The van der Waals surface area contributed by atoms with Crippen LogP contribution >= 0.6 is 0 Å². The summed E-state index contributed by atoms with van der Waals surface area (Å²) in [7, 11) is 0. The highest BCUT2D eigenvalue weighted by molar-refractivity contribution is 5.74. The summed E-state index contributed by atoms with van der Waals surface area (Å²) >= 11 is 0. The van der Waals surface area contributed by atoms with Gasteiger partial charge in [-0.25, -0.2) is 4.52 Å². The van der Waals surface area contributed by atoms with Crippen LogP contribution in [0.5, 0.6) is 0 Å². The van der Waals surface area contributed by atoms with Crippen LogP contribution in [0.4, 0.5) is 0 Å². The van der Waals surface area contributed by atoms with Crippen LogP contribution in [-0.4, -0.2) is 29.4 Å². The van der Waals surface area contributed by atoms with Crippen LogP contribution in [0.1, 0.15) is 19.9 Å². The minimum atomic E-state index is 0.312. The summed E-state index contributed by atoms with van der Waals surface area (Å²) in [6, 6.07) is 0.312. The number of fused-ring (bicyclic) bond motifs is 1. The molecular weight excluding hydrogens is 216 g/mol. The van der Waals surface area contributed by atoms with Gasteiger partial charge in [-0.15, -0.1) is 10.2 Å². The molecule has 17 heavy (non-hydrogen) atoms. The summed E-state index contributed by atoms with van der Waals surface area (Å²) in [5, 5.41) is 12.4. The van der Waals surface area contributed by atoms with Crippen molar-refractivity contribution in [2.75, 3.05) is 0 Å². The molecule has 0 aliphatic carbocycles. The first kappa shape index (κ1) is 9.95. The van der Waals surface area contributed by atoms with Crippen LogP contribution in [0, 0.1) is 0 Å². The first-order valence-corrected chi connectivity index (χ1v) is 5.44. The van der Waals surface area contributed by atoms with E-state index in [1.165, 1.54) is 0 Å². The normalized spacial score (nSPS) is 11.5. The second-order valence-corrected chi connectivity index (χ2v) is 4.12. The zero-order valence-corrected chi connectivity index (χ0v) is 9.65.